The fourth-order valence-electron chi connectivity index (χ4n) is 2.22. The Morgan fingerprint density at radius 1 is 1.15 bits per heavy atom. The van der Waals surface area contributed by atoms with Gasteiger partial charge in [-0.3, -0.25) is 0 Å². The Balaban J connectivity index is 2.20. The minimum Gasteiger partial charge on any atom is -0.327 e. The Morgan fingerprint density at radius 3 is 2.38 bits per heavy atom. The lowest BCUT2D eigenvalue weighted by Gasteiger charge is -2.15. The van der Waals surface area contributed by atoms with Gasteiger partial charge < -0.3 is 5.73 Å². The summed E-state index contributed by atoms with van der Waals surface area (Å²) in [7, 11) is 0. The van der Waals surface area contributed by atoms with Gasteiger partial charge in [-0.05, 0) is 31.2 Å². The summed E-state index contributed by atoms with van der Waals surface area (Å²) < 4.78 is 0. The molecule has 0 spiro atoms. The molecule has 1 aliphatic rings. The van der Waals surface area contributed by atoms with Crippen molar-refractivity contribution in [3.05, 3.63) is 35.4 Å². The molecule has 0 bridgehead atoms. The van der Waals surface area contributed by atoms with E-state index in [0.29, 0.717) is 12.0 Å². The lowest BCUT2D eigenvalue weighted by atomic mass is 9.94. The molecule has 0 unspecified atom stereocenters. The third-order valence-electron chi connectivity index (χ3n) is 3.07. The largest absolute Gasteiger partial charge is 0.327 e. The van der Waals surface area contributed by atoms with Crippen LogP contribution in [0, 0.1) is 6.92 Å². The molecule has 1 aromatic carbocycles. The second kappa shape index (κ2) is 3.51. The molecular formula is C12H17N. The highest BCUT2D eigenvalue weighted by Crippen LogP contribution is 2.33. The zero-order valence-electron chi connectivity index (χ0n) is 8.16. The van der Waals surface area contributed by atoms with Crippen LogP contribution < -0.4 is 5.73 Å². The molecule has 1 aliphatic carbocycles. The molecule has 70 valence electrons. The molecule has 1 aromatic rings. The van der Waals surface area contributed by atoms with Gasteiger partial charge in [0.1, 0.15) is 0 Å². The first-order chi connectivity index (χ1) is 6.27. The molecule has 1 nitrogen and oxygen atoms in total. The van der Waals surface area contributed by atoms with Crippen LogP contribution in [0.3, 0.4) is 0 Å². The molecule has 0 heterocycles. The average molecular weight is 175 g/mol. The number of benzene rings is 1. The van der Waals surface area contributed by atoms with Crippen LogP contribution in [0.1, 0.15) is 36.3 Å². The molecule has 0 radical (unpaired) electrons. The summed E-state index contributed by atoms with van der Waals surface area (Å²) in [4.78, 5) is 0. The van der Waals surface area contributed by atoms with Crippen LogP contribution in [0.25, 0.3) is 0 Å². The van der Waals surface area contributed by atoms with Gasteiger partial charge in [-0.2, -0.15) is 0 Å². The molecule has 0 amide bonds. The van der Waals surface area contributed by atoms with E-state index in [4.69, 9.17) is 5.73 Å². The lowest BCUT2D eigenvalue weighted by Crippen LogP contribution is -2.22. The normalized spacial score (nSPS) is 27.8. The quantitative estimate of drug-likeness (QED) is 0.697. The predicted octanol–water partition coefficient (Wildman–Crippen LogP) is 2.59. The van der Waals surface area contributed by atoms with E-state index in [9.17, 15) is 0 Å². The maximum atomic E-state index is 6.05. The summed E-state index contributed by atoms with van der Waals surface area (Å²) in [6, 6.07) is 9.21. The maximum Gasteiger partial charge on any atom is 0.0108 e. The minimum atomic E-state index is 0.391. The summed E-state index contributed by atoms with van der Waals surface area (Å²) in [5.41, 5.74) is 8.80. The van der Waals surface area contributed by atoms with Crippen LogP contribution >= 0.6 is 0 Å². The lowest BCUT2D eigenvalue weighted by molar-refractivity contribution is 0.613. The first kappa shape index (κ1) is 8.76. The second-order valence-electron chi connectivity index (χ2n) is 4.11. The molecule has 2 atom stereocenters. The van der Waals surface area contributed by atoms with Crippen molar-refractivity contribution in [3.63, 3.8) is 0 Å². The summed E-state index contributed by atoms with van der Waals surface area (Å²) in [6.07, 6.45) is 3.75. The van der Waals surface area contributed by atoms with Crippen LogP contribution in [0.4, 0.5) is 0 Å². The summed E-state index contributed by atoms with van der Waals surface area (Å²) >= 11 is 0. The minimum absolute atomic E-state index is 0.391. The van der Waals surface area contributed by atoms with Crippen molar-refractivity contribution in [2.75, 3.05) is 0 Å². The van der Waals surface area contributed by atoms with Crippen molar-refractivity contribution in [1.82, 2.24) is 0 Å². The molecule has 1 fully saturated rings. The van der Waals surface area contributed by atoms with Gasteiger partial charge >= 0.3 is 0 Å². The standard InChI is InChI=1S/C12H17N/c1-9-5-7-10(8-6-9)11-3-2-4-12(11)13/h5-8,11-12H,2-4,13H2,1H3/t11-,12-/m1/s1. The number of rotatable bonds is 1. The molecule has 2 rings (SSSR count). The van der Waals surface area contributed by atoms with Crippen molar-refractivity contribution < 1.29 is 0 Å². The van der Waals surface area contributed by atoms with Gasteiger partial charge in [-0.1, -0.05) is 36.2 Å². The molecule has 0 aliphatic heterocycles. The number of hydrogen-bond acceptors (Lipinski definition) is 1. The predicted molar refractivity (Wildman–Crippen MR) is 55.7 cm³/mol. The Labute approximate surface area is 80.0 Å². The topological polar surface area (TPSA) is 26.0 Å². The van der Waals surface area contributed by atoms with E-state index in [1.807, 2.05) is 0 Å². The number of aryl methyl sites for hydroxylation is 1. The van der Waals surface area contributed by atoms with Crippen LogP contribution in [0.15, 0.2) is 24.3 Å². The van der Waals surface area contributed by atoms with Crippen LogP contribution in [-0.2, 0) is 0 Å². The summed E-state index contributed by atoms with van der Waals surface area (Å²) in [5.74, 6) is 0.612. The van der Waals surface area contributed by atoms with E-state index in [0.717, 1.165) is 0 Å². The zero-order chi connectivity index (χ0) is 9.26. The van der Waals surface area contributed by atoms with Crippen molar-refractivity contribution in [2.24, 2.45) is 5.73 Å². The highest BCUT2D eigenvalue weighted by molar-refractivity contribution is 5.26. The van der Waals surface area contributed by atoms with Gasteiger partial charge in [-0.15, -0.1) is 0 Å². The third-order valence-corrected chi connectivity index (χ3v) is 3.07. The number of nitrogens with two attached hydrogens (primary N) is 1. The van der Waals surface area contributed by atoms with Gasteiger partial charge in [0.15, 0.2) is 0 Å². The van der Waals surface area contributed by atoms with E-state index in [1.165, 1.54) is 30.4 Å². The first-order valence-electron chi connectivity index (χ1n) is 5.09. The third kappa shape index (κ3) is 1.75. The molecule has 1 saturated carbocycles. The monoisotopic (exact) mass is 175 g/mol. The first-order valence-corrected chi connectivity index (χ1v) is 5.09. The Bertz CT molecular complexity index is 276. The Hall–Kier alpha value is -0.820. The number of hydrogen-bond donors (Lipinski definition) is 1. The van der Waals surface area contributed by atoms with Gasteiger partial charge in [0, 0.05) is 6.04 Å². The van der Waals surface area contributed by atoms with Gasteiger partial charge in [0.05, 0.1) is 0 Å². The Kier molecular flexibility index (Phi) is 2.36. The Morgan fingerprint density at radius 2 is 1.85 bits per heavy atom. The van der Waals surface area contributed by atoms with Crippen LogP contribution in [-0.4, -0.2) is 6.04 Å². The van der Waals surface area contributed by atoms with Gasteiger partial charge in [-0.25, -0.2) is 0 Å². The molecule has 0 saturated heterocycles. The average Bonchev–Trinajstić information content (AvgIpc) is 2.53. The summed E-state index contributed by atoms with van der Waals surface area (Å²) in [5, 5.41) is 0. The maximum absolute atomic E-state index is 6.05. The summed E-state index contributed by atoms with van der Waals surface area (Å²) in [6.45, 7) is 2.12. The molecule has 2 N–H and O–H groups in total. The van der Waals surface area contributed by atoms with Crippen molar-refractivity contribution >= 4 is 0 Å². The fraction of sp³-hybridized carbons (Fsp3) is 0.500. The zero-order valence-corrected chi connectivity index (χ0v) is 8.16. The molecule has 13 heavy (non-hydrogen) atoms. The molecule has 0 aromatic heterocycles. The van der Waals surface area contributed by atoms with Crippen molar-refractivity contribution in [1.29, 1.82) is 0 Å². The molecular weight excluding hydrogens is 158 g/mol. The van der Waals surface area contributed by atoms with E-state index in [1.54, 1.807) is 0 Å². The van der Waals surface area contributed by atoms with E-state index in [-0.39, 0.29) is 0 Å². The smallest absolute Gasteiger partial charge is 0.0108 e. The van der Waals surface area contributed by atoms with Crippen LogP contribution in [0.5, 0.6) is 0 Å². The van der Waals surface area contributed by atoms with Gasteiger partial charge in [0.2, 0.25) is 0 Å². The van der Waals surface area contributed by atoms with Crippen molar-refractivity contribution in [3.8, 4) is 0 Å². The highest BCUT2D eigenvalue weighted by Gasteiger charge is 2.24. The van der Waals surface area contributed by atoms with E-state index in [2.05, 4.69) is 31.2 Å². The van der Waals surface area contributed by atoms with E-state index < -0.39 is 0 Å². The van der Waals surface area contributed by atoms with Gasteiger partial charge in [0.25, 0.3) is 0 Å². The fourth-order valence-corrected chi connectivity index (χ4v) is 2.22. The second-order valence-corrected chi connectivity index (χ2v) is 4.11. The van der Waals surface area contributed by atoms with Crippen molar-refractivity contribution in [2.45, 2.75) is 38.1 Å². The van der Waals surface area contributed by atoms with E-state index >= 15 is 0 Å². The van der Waals surface area contributed by atoms with Crippen LogP contribution in [0.2, 0.25) is 0 Å². The highest BCUT2D eigenvalue weighted by atomic mass is 14.7. The molecule has 1 heteroatoms. The SMILES string of the molecule is Cc1ccc([C@H]2CCC[C@H]2N)cc1.